The summed E-state index contributed by atoms with van der Waals surface area (Å²) in [7, 11) is 0. The predicted molar refractivity (Wildman–Crippen MR) is 61.6 cm³/mol. The number of rotatable bonds is 1. The molecule has 2 aromatic rings. The van der Waals surface area contributed by atoms with Gasteiger partial charge in [-0.15, -0.1) is 10.2 Å². The molecule has 0 radical (unpaired) electrons. The van der Waals surface area contributed by atoms with Crippen molar-refractivity contribution in [2.45, 2.75) is 13.1 Å². The van der Waals surface area contributed by atoms with E-state index in [1.807, 2.05) is 0 Å². The normalized spacial score (nSPS) is 11.6. The van der Waals surface area contributed by atoms with Gasteiger partial charge < -0.3 is 5.73 Å². The van der Waals surface area contributed by atoms with E-state index >= 15 is 0 Å². The molecule has 1 aromatic carbocycles. The first-order valence-electron chi connectivity index (χ1n) is 5.15. The second-order valence-corrected chi connectivity index (χ2v) is 3.88. The molecule has 1 heterocycles. The smallest absolute Gasteiger partial charge is 0.382 e. The lowest BCUT2D eigenvalue weighted by Gasteiger charge is -2.08. The van der Waals surface area contributed by atoms with Crippen LogP contribution >= 0.6 is 0 Å². The van der Waals surface area contributed by atoms with Crippen molar-refractivity contribution in [1.29, 1.82) is 0 Å². The van der Waals surface area contributed by atoms with Crippen LogP contribution < -0.4 is 5.73 Å². The van der Waals surface area contributed by atoms with E-state index in [0.717, 1.165) is 17.7 Å². The van der Waals surface area contributed by atoms with Crippen molar-refractivity contribution in [3.05, 3.63) is 41.5 Å². The van der Waals surface area contributed by atoms with Crippen LogP contribution in [0, 0.1) is 6.92 Å². The van der Waals surface area contributed by atoms with Gasteiger partial charge in [0.25, 0.3) is 0 Å². The zero-order chi connectivity index (χ0) is 13.3. The molecule has 3 nitrogen and oxygen atoms in total. The summed E-state index contributed by atoms with van der Waals surface area (Å²) in [5, 5.41) is 7.58. The average molecular weight is 253 g/mol. The second-order valence-electron chi connectivity index (χ2n) is 3.88. The summed E-state index contributed by atoms with van der Waals surface area (Å²) in [6.45, 7) is 1.78. The fourth-order valence-corrected chi connectivity index (χ4v) is 1.61. The van der Waals surface area contributed by atoms with E-state index in [2.05, 4.69) is 10.2 Å². The Bertz CT molecular complexity index is 562. The Labute approximate surface area is 101 Å². The molecule has 1 aromatic heterocycles. The fourth-order valence-electron chi connectivity index (χ4n) is 1.61. The first kappa shape index (κ1) is 12.3. The molecule has 94 valence electrons. The average Bonchev–Trinajstić information content (AvgIpc) is 2.28. The lowest BCUT2D eigenvalue weighted by molar-refractivity contribution is -0.137. The van der Waals surface area contributed by atoms with Crippen molar-refractivity contribution in [3.8, 4) is 11.3 Å². The number of hydrogen-bond acceptors (Lipinski definition) is 3. The molecule has 0 saturated carbocycles. The molecule has 2 N–H and O–H groups in total. The molecule has 0 amide bonds. The minimum Gasteiger partial charge on any atom is -0.382 e. The Morgan fingerprint density at radius 1 is 1.06 bits per heavy atom. The van der Waals surface area contributed by atoms with E-state index in [4.69, 9.17) is 5.73 Å². The van der Waals surface area contributed by atoms with E-state index < -0.39 is 11.7 Å². The topological polar surface area (TPSA) is 51.8 Å². The van der Waals surface area contributed by atoms with Gasteiger partial charge in [0.2, 0.25) is 0 Å². The van der Waals surface area contributed by atoms with Gasteiger partial charge in [0.05, 0.1) is 11.3 Å². The fraction of sp³-hybridized carbons (Fsp3) is 0.167. The van der Waals surface area contributed by atoms with Crippen molar-refractivity contribution in [2.24, 2.45) is 0 Å². The molecule has 0 unspecified atom stereocenters. The molecular weight excluding hydrogens is 243 g/mol. The van der Waals surface area contributed by atoms with E-state index in [9.17, 15) is 13.2 Å². The number of nitrogens with zero attached hydrogens (tertiary/aromatic N) is 2. The Morgan fingerprint density at radius 2 is 1.67 bits per heavy atom. The molecule has 6 heteroatoms. The highest BCUT2D eigenvalue weighted by Gasteiger charge is 2.30. The summed E-state index contributed by atoms with van der Waals surface area (Å²) >= 11 is 0. The van der Waals surface area contributed by atoms with Crippen molar-refractivity contribution in [1.82, 2.24) is 10.2 Å². The first-order chi connectivity index (χ1) is 8.38. The van der Waals surface area contributed by atoms with Gasteiger partial charge in [-0.1, -0.05) is 12.1 Å². The molecule has 0 fully saturated rings. The van der Waals surface area contributed by atoms with Crippen LogP contribution in [0.15, 0.2) is 30.3 Å². The molecule has 0 atom stereocenters. The standard InChI is InChI=1S/C12H10F3N3/c1-7-6-10(16)17-18-11(7)8-2-4-9(5-3-8)12(13,14)15/h2-6H,1H3,(H2,16,17). The van der Waals surface area contributed by atoms with Crippen LogP contribution in [0.3, 0.4) is 0 Å². The number of aryl methyl sites for hydroxylation is 1. The third-order valence-electron chi connectivity index (χ3n) is 2.49. The Balaban J connectivity index is 2.41. The highest BCUT2D eigenvalue weighted by molar-refractivity contribution is 5.63. The zero-order valence-electron chi connectivity index (χ0n) is 9.49. The van der Waals surface area contributed by atoms with E-state index in [1.165, 1.54) is 12.1 Å². The molecule has 0 bridgehead atoms. The SMILES string of the molecule is Cc1cc(N)nnc1-c1ccc(C(F)(F)F)cc1. The molecule has 0 aliphatic heterocycles. The number of alkyl halides is 3. The second kappa shape index (κ2) is 4.29. The van der Waals surface area contributed by atoms with Crippen LogP contribution in [0.5, 0.6) is 0 Å². The summed E-state index contributed by atoms with van der Waals surface area (Å²) in [5.41, 5.74) is 6.65. The third-order valence-corrected chi connectivity index (χ3v) is 2.49. The summed E-state index contributed by atoms with van der Waals surface area (Å²) in [6.07, 6.45) is -4.33. The van der Waals surface area contributed by atoms with Crippen molar-refractivity contribution < 1.29 is 13.2 Å². The lowest BCUT2D eigenvalue weighted by Crippen LogP contribution is -2.04. The number of nitrogen functional groups attached to an aromatic ring is 1. The van der Waals surface area contributed by atoms with Crippen molar-refractivity contribution in [2.75, 3.05) is 5.73 Å². The summed E-state index contributed by atoms with van der Waals surface area (Å²) < 4.78 is 37.2. The van der Waals surface area contributed by atoms with Gasteiger partial charge in [-0.25, -0.2) is 0 Å². The van der Waals surface area contributed by atoms with E-state index in [1.54, 1.807) is 13.0 Å². The maximum Gasteiger partial charge on any atom is 0.416 e. The molecule has 18 heavy (non-hydrogen) atoms. The summed E-state index contributed by atoms with van der Waals surface area (Å²) in [5.74, 6) is 0.281. The van der Waals surface area contributed by atoms with Gasteiger partial charge in [-0.05, 0) is 30.7 Å². The monoisotopic (exact) mass is 253 g/mol. The molecule has 0 aliphatic rings. The van der Waals surface area contributed by atoms with Gasteiger partial charge in [0.1, 0.15) is 5.82 Å². The number of anilines is 1. The molecule has 0 spiro atoms. The number of benzene rings is 1. The Morgan fingerprint density at radius 3 is 2.17 bits per heavy atom. The number of hydrogen-bond donors (Lipinski definition) is 1. The maximum absolute atomic E-state index is 12.4. The van der Waals surface area contributed by atoms with E-state index in [0.29, 0.717) is 11.3 Å². The van der Waals surface area contributed by atoms with Crippen LogP contribution in [0.25, 0.3) is 11.3 Å². The minimum atomic E-state index is -4.33. The highest BCUT2D eigenvalue weighted by atomic mass is 19.4. The summed E-state index contributed by atoms with van der Waals surface area (Å²) in [4.78, 5) is 0. The largest absolute Gasteiger partial charge is 0.416 e. The molecule has 0 aliphatic carbocycles. The van der Waals surface area contributed by atoms with Crippen molar-refractivity contribution in [3.63, 3.8) is 0 Å². The number of aromatic nitrogens is 2. The van der Waals surface area contributed by atoms with Crippen LogP contribution in [0.1, 0.15) is 11.1 Å². The number of halogens is 3. The highest BCUT2D eigenvalue weighted by Crippen LogP contribution is 2.31. The molecule has 0 saturated heterocycles. The van der Waals surface area contributed by atoms with Gasteiger partial charge in [0, 0.05) is 5.56 Å². The Kier molecular flexibility index (Phi) is 2.94. The zero-order valence-corrected chi connectivity index (χ0v) is 9.49. The maximum atomic E-state index is 12.4. The van der Waals surface area contributed by atoms with Gasteiger partial charge in [0.15, 0.2) is 0 Å². The lowest BCUT2D eigenvalue weighted by atomic mass is 10.1. The van der Waals surface area contributed by atoms with Crippen LogP contribution in [-0.2, 0) is 6.18 Å². The Hall–Kier alpha value is -2.11. The van der Waals surface area contributed by atoms with Crippen LogP contribution in [0.2, 0.25) is 0 Å². The van der Waals surface area contributed by atoms with Crippen LogP contribution in [0.4, 0.5) is 19.0 Å². The van der Waals surface area contributed by atoms with Gasteiger partial charge >= 0.3 is 6.18 Å². The van der Waals surface area contributed by atoms with Crippen molar-refractivity contribution >= 4 is 5.82 Å². The summed E-state index contributed by atoms with van der Waals surface area (Å²) in [6, 6.07) is 6.41. The first-order valence-corrected chi connectivity index (χ1v) is 5.15. The quantitative estimate of drug-likeness (QED) is 0.849. The predicted octanol–water partition coefficient (Wildman–Crippen LogP) is 3.05. The minimum absolute atomic E-state index is 0.281. The number of nitrogens with two attached hydrogens (primary N) is 1. The third kappa shape index (κ3) is 2.42. The van der Waals surface area contributed by atoms with E-state index in [-0.39, 0.29) is 5.82 Å². The molecular formula is C12H10F3N3. The van der Waals surface area contributed by atoms with Gasteiger partial charge in [-0.2, -0.15) is 13.2 Å². The van der Waals surface area contributed by atoms with Gasteiger partial charge in [-0.3, -0.25) is 0 Å². The van der Waals surface area contributed by atoms with Crippen LogP contribution in [-0.4, -0.2) is 10.2 Å². The molecule has 2 rings (SSSR count).